The first-order valence-electron chi connectivity index (χ1n) is 6.88. The summed E-state index contributed by atoms with van der Waals surface area (Å²) in [6.07, 6.45) is 8.06. The Kier molecular flexibility index (Phi) is 6.47. The monoisotopic (exact) mass is 251 g/mol. The Balaban J connectivity index is 1.97. The molecular weight excluding hydrogens is 226 g/mol. The van der Waals surface area contributed by atoms with E-state index in [1.54, 1.807) is 0 Å². The zero-order valence-electron chi connectivity index (χ0n) is 11.8. The molecule has 0 fully saturated rings. The van der Waals surface area contributed by atoms with Crippen molar-refractivity contribution in [3.05, 3.63) is 17.7 Å². The first kappa shape index (κ1) is 14.7. The van der Waals surface area contributed by atoms with Gasteiger partial charge in [-0.25, -0.2) is 4.98 Å². The van der Waals surface area contributed by atoms with Crippen molar-refractivity contribution in [3.63, 3.8) is 0 Å². The summed E-state index contributed by atoms with van der Waals surface area (Å²) in [5.41, 5.74) is 1.21. The Morgan fingerprint density at radius 2 is 2.06 bits per heavy atom. The van der Waals surface area contributed by atoms with Crippen LogP contribution >= 0.6 is 0 Å². The van der Waals surface area contributed by atoms with Crippen LogP contribution in [0.3, 0.4) is 0 Å². The molecule has 4 nitrogen and oxygen atoms in total. The summed E-state index contributed by atoms with van der Waals surface area (Å²) >= 11 is 0. The lowest BCUT2D eigenvalue weighted by molar-refractivity contribution is -0.121. The maximum atomic E-state index is 11.4. The number of rotatable bonds is 8. The number of aromatic nitrogens is 2. The van der Waals surface area contributed by atoms with Gasteiger partial charge in [-0.3, -0.25) is 4.79 Å². The summed E-state index contributed by atoms with van der Waals surface area (Å²) in [6, 6.07) is 0.251. The molecule has 0 bridgehead atoms. The van der Waals surface area contributed by atoms with Crippen molar-refractivity contribution >= 4 is 5.91 Å². The summed E-state index contributed by atoms with van der Waals surface area (Å²) < 4.78 is 0. The second-order valence-corrected chi connectivity index (χ2v) is 5.13. The summed E-state index contributed by atoms with van der Waals surface area (Å²) in [5, 5.41) is 2.91. The summed E-state index contributed by atoms with van der Waals surface area (Å²) in [4.78, 5) is 18.8. The van der Waals surface area contributed by atoms with Crippen molar-refractivity contribution in [3.8, 4) is 0 Å². The van der Waals surface area contributed by atoms with Gasteiger partial charge in [0.2, 0.25) is 5.91 Å². The van der Waals surface area contributed by atoms with Crippen LogP contribution in [0.1, 0.15) is 57.5 Å². The number of amides is 1. The molecule has 18 heavy (non-hydrogen) atoms. The number of aromatic amines is 1. The lowest BCUT2D eigenvalue weighted by Crippen LogP contribution is -2.29. The molecule has 1 aromatic rings. The van der Waals surface area contributed by atoms with E-state index in [1.165, 1.54) is 12.1 Å². The number of nitrogens with zero attached hydrogens (tertiary/aromatic N) is 1. The molecule has 0 spiro atoms. The highest BCUT2D eigenvalue weighted by Gasteiger charge is 2.02. The van der Waals surface area contributed by atoms with E-state index in [0.29, 0.717) is 6.42 Å². The summed E-state index contributed by atoms with van der Waals surface area (Å²) in [6.45, 7) is 5.95. The quantitative estimate of drug-likeness (QED) is 0.698. The first-order valence-corrected chi connectivity index (χ1v) is 6.88. The molecule has 1 rings (SSSR count). The number of imidazole rings is 1. The van der Waals surface area contributed by atoms with E-state index in [0.717, 1.165) is 31.5 Å². The van der Waals surface area contributed by atoms with Gasteiger partial charge >= 0.3 is 0 Å². The van der Waals surface area contributed by atoms with Gasteiger partial charge in [0.05, 0.1) is 0 Å². The average molecular weight is 251 g/mol. The third kappa shape index (κ3) is 6.42. The van der Waals surface area contributed by atoms with Crippen molar-refractivity contribution in [1.29, 1.82) is 0 Å². The molecular formula is C14H25N3O. The lowest BCUT2D eigenvalue weighted by atomic mass is 10.1. The van der Waals surface area contributed by atoms with Gasteiger partial charge in [0.1, 0.15) is 5.82 Å². The van der Waals surface area contributed by atoms with E-state index in [1.807, 2.05) is 27.0 Å². The molecule has 102 valence electrons. The van der Waals surface area contributed by atoms with Crippen molar-refractivity contribution in [2.45, 2.75) is 65.3 Å². The van der Waals surface area contributed by atoms with Crippen LogP contribution in [0.4, 0.5) is 0 Å². The van der Waals surface area contributed by atoms with E-state index in [4.69, 9.17) is 0 Å². The molecule has 0 atom stereocenters. The molecule has 1 aromatic heterocycles. The van der Waals surface area contributed by atoms with Gasteiger partial charge in [0, 0.05) is 24.4 Å². The van der Waals surface area contributed by atoms with Crippen LogP contribution in [-0.2, 0) is 11.2 Å². The number of carbonyl (C=O) groups is 1. The van der Waals surface area contributed by atoms with Crippen LogP contribution in [0.2, 0.25) is 0 Å². The van der Waals surface area contributed by atoms with Crippen LogP contribution in [-0.4, -0.2) is 21.9 Å². The van der Waals surface area contributed by atoms with Gasteiger partial charge in [-0.05, 0) is 40.0 Å². The minimum atomic E-state index is 0.175. The molecule has 0 aliphatic carbocycles. The zero-order valence-corrected chi connectivity index (χ0v) is 11.8. The summed E-state index contributed by atoms with van der Waals surface area (Å²) in [5.74, 6) is 1.16. The highest BCUT2D eigenvalue weighted by molar-refractivity contribution is 5.76. The fourth-order valence-electron chi connectivity index (χ4n) is 1.95. The fourth-order valence-corrected chi connectivity index (χ4v) is 1.95. The first-order chi connectivity index (χ1) is 8.58. The Morgan fingerprint density at radius 1 is 1.33 bits per heavy atom. The predicted molar refractivity (Wildman–Crippen MR) is 73.4 cm³/mol. The van der Waals surface area contributed by atoms with E-state index < -0.39 is 0 Å². The average Bonchev–Trinajstić information content (AvgIpc) is 2.68. The fraction of sp³-hybridized carbons (Fsp3) is 0.714. The lowest BCUT2D eigenvalue weighted by Gasteiger charge is -2.07. The number of H-pyrrole nitrogens is 1. The highest BCUT2D eigenvalue weighted by atomic mass is 16.1. The molecule has 0 aliphatic rings. The Hall–Kier alpha value is -1.32. The van der Waals surface area contributed by atoms with Crippen molar-refractivity contribution < 1.29 is 4.79 Å². The molecule has 0 unspecified atom stereocenters. The number of unbranched alkanes of at least 4 members (excludes halogenated alkanes) is 3. The number of aryl methyl sites for hydroxylation is 2. The number of carbonyl (C=O) groups excluding carboxylic acids is 1. The van der Waals surface area contributed by atoms with E-state index in [2.05, 4.69) is 15.3 Å². The molecule has 0 saturated carbocycles. The van der Waals surface area contributed by atoms with Crippen LogP contribution < -0.4 is 5.32 Å². The van der Waals surface area contributed by atoms with Crippen LogP contribution in [0.5, 0.6) is 0 Å². The van der Waals surface area contributed by atoms with E-state index >= 15 is 0 Å². The molecule has 0 radical (unpaired) electrons. The van der Waals surface area contributed by atoms with Gasteiger partial charge in [-0.15, -0.1) is 0 Å². The standard InChI is InChI=1S/C14H25N3O/c1-11(2)16-14(18)9-7-5-4-6-8-13-10-15-12(3)17-13/h10-11H,4-9H2,1-3H3,(H,15,17)(H,16,18). The van der Waals surface area contributed by atoms with Crippen LogP contribution in [0.25, 0.3) is 0 Å². The largest absolute Gasteiger partial charge is 0.354 e. The smallest absolute Gasteiger partial charge is 0.220 e. The Bertz CT molecular complexity index is 358. The molecule has 4 heteroatoms. The minimum Gasteiger partial charge on any atom is -0.354 e. The molecule has 0 aliphatic heterocycles. The number of nitrogens with one attached hydrogen (secondary N) is 2. The highest BCUT2D eigenvalue weighted by Crippen LogP contribution is 2.07. The normalized spacial score (nSPS) is 10.9. The second kappa shape index (κ2) is 7.90. The Morgan fingerprint density at radius 3 is 2.67 bits per heavy atom. The molecule has 0 aromatic carbocycles. The van der Waals surface area contributed by atoms with E-state index in [9.17, 15) is 4.79 Å². The second-order valence-electron chi connectivity index (χ2n) is 5.13. The number of hydrogen-bond donors (Lipinski definition) is 2. The topological polar surface area (TPSA) is 57.8 Å². The van der Waals surface area contributed by atoms with Gasteiger partial charge in [-0.2, -0.15) is 0 Å². The van der Waals surface area contributed by atoms with Crippen molar-refractivity contribution in [1.82, 2.24) is 15.3 Å². The summed E-state index contributed by atoms with van der Waals surface area (Å²) in [7, 11) is 0. The molecule has 0 saturated heterocycles. The van der Waals surface area contributed by atoms with Gasteiger partial charge in [0.15, 0.2) is 0 Å². The third-order valence-corrected chi connectivity index (χ3v) is 2.81. The zero-order chi connectivity index (χ0) is 13.4. The molecule has 1 heterocycles. The molecule has 2 N–H and O–H groups in total. The number of hydrogen-bond acceptors (Lipinski definition) is 2. The van der Waals surface area contributed by atoms with E-state index in [-0.39, 0.29) is 11.9 Å². The predicted octanol–water partition coefficient (Wildman–Crippen LogP) is 2.74. The van der Waals surface area contributed by atoms with Gasteiger partial charge in [0.25, 0.3) is 0 Å². The Labute approximate surface area is 110 Å². The van der Waals surface area contributed by atoms with Crippen molar-refractivity contribution in [2.24, 2.45) is 0 Å². The van der Waals surface area contributed by atoms with Crippen LogP contribution in [0.15, 0.2) is 6.20 Å². The maximum Gasteiger partial charge on any atom is 0.220 e. The minimum absolute atomic E-state index is 0.175. The SMILES string of the molecule is Cc1ncc(CCCCCCC(=O)NC(C)C)[nH]1. The maximum absolute atomic E-state index is 11.4. The van der Waals surface area contributed by atoms with Gasteiger partial charge < -0.3 is 10.3 Å². The third-order valence-electron chi connectivity index (χ3n) is 2.81. The van der Waals surface area contributed by atoms with Crippen molar-refractivity contribution in [2.75, 3.05) is 0 Å². The van der Waals surface area contributed by atoms with Gasteiger partial charge in [-0.1, -0.05) is 12.8 Å². The molecule has 1 amide bonds. The van der Waals surface area contributed by atoms with Crippen LogP contribution in [0, 0.1) is 6.92 Å².